The fourth-order valence-electron chi connectivity index (χ4n) is 0.921. The van der Waals surface area contributed by atoms with E-state index in [1.807, 2.05) is 13.8 Å². The fourth-order valence-corrected chi connectivity index (χ4v) is 1.40. The molecule has 0 aliphatic heterocycles. The molecule has 0 amide bonds. The highest BCUT2D eigenvalue weighted by molar-refractivity contribution is 7.85. The second-order valence-corrected chi connectivity index (χ2v) is 6.11. The molecule has 1 atom stereocenters. The van der Waals surface area contributed by atoms with Gasteiger partial charge in [0.2, 0.25) is 0 Å². The van der Waals surface area contributed by atoms with Gasteiger partial charge in [-0.1, -0.05) is 38.5 Å². The first-order valence-corrected chi connectivity index (χ1v) is 7.27. The molecule has 0 saturated carbocycles. The molecule has 0 spiro atoms. The van der Waals surface area contributed by atoms with Crippen LogP contribution in [0.25, 0.3) is 0 Å². The van der Waals surface area contributed by atoms with Crippen molar-refractivity contribution in [3.8, 4) is 0 Å². The average Bonchev–Trinajstić information content (AvgIpc) is 2.28. The molecule has 2 N–H and O–H groups in total. The summed E-state index contributed by atoms with van der Waals surface area (Å²) in [5.41, 5.74) is 0.956. The number of benzene rings is 1. The highest BCUT2D eigenvalue weighted by Gasteiger charge is 2.06. The molecule has 1 aromatic rings. The van der Waals surface area contributed by atoms with E-state index in [1.54, 1.807) is 12.1 Å². The molecule has 5 heteroatoms. The van der Waals surface area contributed by atoms with Gasteiger partial charge in [-0.25, -0.2) is 0 Å². The van der Waals surface area contributed by atoms with Crippen LogP contribution in [0.15, 0.2) is 29.2 Å². The second kappa shape index (κ2) is 7.51. The number of hydrogen-bond donors (Lipinski definition) is 2. The Morgan fingerprint density at radius 2 is 1.56 bits per heavy atom. The predicted octanol–water partition coefficient (Wildman–Crippen LogP) is 2.51. The highest BCUT2D eigenvalue weighted by atomic mass is 32.2. The lowest BCUT2D eigenvalue weighted by atomic mass is 10.00. The van der Waals surface area contributed by atoms with Crippen molar-refractivity contribution < 1.29 is 18.1 Å². The molecule has 0 heterocycles. The predicted molar refractivity (Wildman–Crippen MR) is 72.1 cm³/mol. The van der Waals surface area contributed by atoms with Gasteiger partial charge < -0.3 is 5.11 Å². The molecule has 0 aliphatic rings. The van der Waals surface area contributed by atoms with Gasteiger partial charge in [0.25, 0.3) is 10.1 Å². The van der Waals surface area contributed by atoms with Crippen LogP contribution in [-0.2, 0) is 10.1 Å². The first-order valence-electron chi connectivity index (χ1n) is 5.83. The minimum absolute atomic E-state index is 0.0666. The summed E-state index contributed by atoms with van der Waals surface area (Å²) in [7, 11) is -4.02. The number of rotatable bonds is 3. The molecule has 104 valence electrons. The van der Waals surface area contributed by atoms with E-state index in [4.69, 9.17) is 9.66 Å². The van der Waals surface area contributed by atoms with Crippen molar-refractivity contribution in [2.45, 2.75) is 32.6 Å². The Morgan fingerprint density at radius 3 is 1.78 bits per heavy atom. The summed E-state index contributed by atoms with van der Waals surface area (Å²) < 4.78 is 29.6. The fraction of sp³-hybridized carbons (Fsp3) is 0.538. The minimum atomic E-state index is -4.02. The number of aryl methyl sites for hydroxylation is 1. The largest absolute Gasteiger partial charge is 0.396 e. The smallest absolute Gasteiger partial charge is 0.294 e. The van der Waals surface area contributed by atoms with E-state index >= 15 is 0 Å². The molecule has 0 aliphatic carbocycles. The van der Waals surface area contributed by atoms with Crippen LogP contribution in [-0.4, -0.2) is 24.7 Å². The number of aliphatic hydroxyl groups excluding tert-OH is 1. The van der Waals surface area contributed by atoms with Crippen LogP contribution in [0.3, 0.4) is 0 Å². The number of hydrogen-bond acceptors (Lipinski definition) is 3. The highest BCUT2D eigenvalue weighted by Crippen LogP contribution is 2.08. The molecule has 0 saturated heterocycles. The minimum Gasteiger partial charge on any atom is -0.396 e. The zero-order valence-corrected chi connectivity index (χ0v) is 12.1. The Bertz CT molecular complexity index is 435. The maximum Gasteiger partial charge on any atom is 0.294 e. The third-order valence-electron chi connectivity index (χ3n) is 2.74. The Hall–Kier alpha value is -0.910. The van der Waals surface area contributed by atoms with Crippen molar-refractivity contribution in [1.29, 1.82) is 0 Å². The molecule has 1 aromatic carbocycles. The molecule has 1 unspecified atom stereocenters. The van der Waals surface area contributed by atoms with Crippen LogP contribution in [0.2, 0.25) is 0 Å². The van der Waals surface area contributed by atoms with Crippen molar-refractivity contribution in [1.82, 2.24) is 0 Å². The lowest BCUT2D eigenvalue weighted by Gasteiger charge is -2.09. The van der Waals surface area contributed by atoms with Crippen molar-refractivity contribution >= 4 is 10.1 Å². The molecule has 0 radical (unpaired) electrons. The summed E-state index contributed by atoms with van der Waals surface area (Å²) >= 11 is 0. The van der Waals surface area contributed by atoms with Gasteiger partial charge in [-0.2, -0.15) is 8.42 Å². The standard InChI is InChI=1S/C7H8O3S.C6H14O/c1-6-2-4-7(5-3-6)11(8,9)10;1-5(2)6(3)4-7/h2-5H,1H3,(H,8,9,10);5-7H,4H2,1-3H3. The van der Waals surface area contributed by atoms with E-state index < -0.39 is 10.1 Å². The van der Waals surface area contributed by atoms with Gasteiger partial charge in [0.15, 0.2) is 0 Å². The van der Waals surface area contributed by atoms with Gasteiger partial charge in [-0.15, -0.1) is 0 Å². The van der Waals surface area contributed by atoms with Gasteiger partial charge in [0.1, 0.15) is 0 Å². The average molecular weight is 274 g/mol. The van der Waals surface area contributed by atoms with Crippen LogP contribution in [0, 0.1) is 18.8 Å². The van der Waals surface area contributed by atoms with Crippen molar-refractivity contribution in [2.75, 3.05) is 6.61 Å². The Balaban J connectivity index is 0.000000360. The molecule has 0 fully saturated rings. The van der Waals surface area contributed by atoms with E-state index in [1.165, 1.54) is 12.1 Å². The molecular weight excluding hydrogens is 252 g/mol. The van der Waals surface area contributed by atoms with Crippen LogP contribution in [0.1, 0.15) is 26.3 Å². The lowest BCUT2D eigenvalue weighted by Crippen LogP contribution is -2.07. The van der Waals surface area contributed by atoms with Gasteiger partial charge in [0.05, 0.1) is 4.90 Å². The Kier molecular flexibility index (Phi) is 7.13. The molecule has 18 heavy (non-hydrogen) atoms. The monoisotopic (exact) mass is 274 g/mol. The zero-order valence-electron chi connectivity index (χ0n) is 11.3. The molecule has 0 bridgehead atoms. The van der Waals surface area contributed by atoms with Crippen molar-refractivity contribution in [3.63, 3.8) is 0 Å². The molecular formula is C13H22O4S. The van der Waals surface area contributed by atoms with E-state index in [2.05, 4.69) is 13.8 Å². The van der Waals surface area contributed by atoms with Crippen LogP contribution >= 0.6 is 0 Å². The van der Waals surface area contributed by atoms with Gasteiger partial charge in [-0.3, -0.25) is 4.55 Å². The second-order valence-electron chi connectivity index (χ2n) is 4.69. The molecule has 4 nitrogen and oxygen atoms in total. The van der Waals surface area contributed by atoms with E-state index in [0.717, 1.165) is 5.56 Å². The van der Waals surface area contributed by atoms with Crippen molar-refractivity contribution in [2.24, 2.45) is 11.8 Å². The number of aliphatic hydroxyl groups is 1. The normalized spacial score (nSPS) is 12.8. The van der Waals surface area contributed by atoms with Gasteiger partial charge >= 0.3 is 0 Å². The topological polar surface area (TPSA) is 74.6 Å². The Labute approximate surface area is 109 Å². The summed E-state index contributed by atoms with van der Waals surface area (Å²) in [5, 5.41) is 8.51. The maximum absolute atomic E-state index is 10.5. The third kappa shape index (κ3) is 6.74. The SMILES string of the molecule is CC(C)C(C)CO.Cc1ccc(S(=O)(=O)O)cc1. The van der Waals surface area contributed by atoms with Gasteiger partial charge in [-0.05, 0) is 30.9 Å². The van der Waals surface area contributed by atoms with Gasteiger partial charge in [0, 0.05) is 6.61 Å². The Morgan fingerprint density at radius 1 is 1.11 bits per heavy atom. The van der Waals surface area contributed by atoms with Crippen LogP contribution in [0.5, 0.6) is 0 Å². The van der Waals surface area contributed by atoms with E-state index in [9.17, 15) is 8.42 Å². The first kappa shape index (κ1) is 17.1. The first-order chi connectivity index (χ1) is 8.18. The summed E-state index contributed by atoms with van der Waals surface area (Å²) in [4.78, 5) is -0.0666. The summed E-state index contributed by atoms with van der Waals surface area (Å²) in [5.74, 6) is 1.07. The summed E-state index contributed by atoms with van der Waals surface area (Å²) in [6, 6.07) is 5.99. The lowest BCUT2D eigenvalue weighted by molar-refractivity contribution is 0.203. The zero-order chi connectivity index (χ0) is 14.3. The van der Waals surface area contributed by atoms with E-state index in [-0.39, 0.29) is 4.90 Å². The quantitative estimate of drug-likeness (QED) is 0.830. The molecule has 1 rings (SSSR count). The van der Waals surface area contributed by atoms with Crippen LogP contribution in [0.4, 0.5) is 0 Å². The summed E-state index contributed by atoms with van der Waals surface area (Å²) in [6.07, 6.45) is 0. The maximum atomic E-state index is 10.5. The third-order valence-corrected chi connectivity index (χ3v) is 3.61. The molecule has 0 aromatic heterocycles. The van der Waals surface area contributed by atoms with Crippen molar-refractivity contribution in [3.05, 3.63) is 29.8 Å². The van der Waals surface area contributed by atoms with E-state index in [0.29, 0.717) is 18.4 Å². The van der Waals surface area contributed by atoms with Crippen LogP contribution < -0.4 is 0 Å². The summed E-state index contributed by atoms with van der Waals surface area (Å²) in [6.45, 7) is 8.43.